The molecule has 0 radical (unpaired) electrons. The van der Waals surface area contributed by atoms with E-state index in [0.29, 0.717) is 63.5 Å². The quantitative estimate of drug-likeness (QED) is 0.585. The summed E-state index contributed by atoms with van der Waals surface area (Å²) in [6.45, 7) is 5.72. The zero-order chi connectivity index (χ0) is 21.6. The highest BCUT2D eigenvalue weighted by atomic mass is 32.2. The fourth-order valence-electron chi connectivity index (χ4n) is 3.89. The van der Waals surface area contributed by atoms with Gasteiger partial charge >= 0.3 is 0 Å². The van der Waals surface area contributed by atoms with E-state index in [1.165, 1.54) is 0 Å². The molecule has 0 unspecified atom stereocenters. The predicted octanol–water partition coefficient (Wildman–Crippen LogP) is 1.37. The second-order valence-electron chi connectivity index (χ2n) is 7.93. The number of nitrogens with zero attached hydrogens (tertiary/aromatic N) is 3. The van der Waals surface area contributed by atoms with Gasteiger partial charge in [-0.25, -0.2) is 0 Å². The lowest BCUT2D eigenvalue weighted by molar-refractivity contribution is 0.0561. The Morgan fingerprint density at radius 3 is 2.20 bits per heavy atom. The molecule has 0 amide bonds. The molecular formula is C21H33N3O5S. The van der Waals surface area contributed by atoms with Crippen LogP contribution in [0.4, 0.5) is 0 Å². The second kappa shape index (κ2) is 10.7. The van der Waals surface area contributed by atoms with E-state index >= 15 is 0 Å². The average molecular weight is 440 g/mol. The van der Waals surface area contributed by atoms with E-state index in [1.54, 1.807) is 32.9 Å². The van der Waals surface area contributed by atoms with Gasteiger partial charge < -0.3 is 9.84 Å². The van der Waals surface area contributed by atoms with Crippen molar-refractivity contribution in [3.05, 3.63) is 29.8 Å². The maximum atomic E-state index is 12.8. The van der Waals surface area contributed by atoms with Gasteiger partial charge in [-0.1, -0.05) is 13.3 Å². The van der Waals surface area contributed by atoms with E-state index in [0.717, 1.165) is 19.3 Å². The van der Waals surface area contributed by atoms with Crippen molar-refractivity contribution in [1.82, 2.24) is 13.5 Å². The molecule has 1 aromatic carbocycles. The number of ether oxygens (including phenoxy) is 1. The maximum Gasteiger partial charge on any atom is 0.282 e. The first kappa shape index (κ1) is 23.1. The highest BCUT2D eigenvalue weighted by Crippen LogP contribution is 2.18. The first-order valence-corrected chi connectivity index (χ1v) is 12.2. The van der Waals surface area contributed by atoms with Crippen LogP contribution in [-0.2, 0) is 10.2 Å². The van der Waals surface area contributed by atoms with Crippen LogP contribution in [0.2, 0.25) is 0 Å². The molecular weight excluding hydrogens is 406 g/mol. The average Bonchev–Trinajstić information content (AvgIpc) is 2.78. The highest BCUT2D eigenvalue weighted by molar-refractivity contribution is 7.86. The summed E-state index contributed by atoms with van der Waals surface area (Å²) in [5.74, 6) is 0.696. The summed E-state index contributed by atoms with van der Waals surface area (Å²) in [6.07, 6.45) is 2.76. The van der Waals surface area contributed by atoms with Crippen LogP contribution in [0.15, 0.2) is 24.3 Å². The molecule has 2 fully saturated rings. The van der Waals surface area contributed by atoms with Crippen molar-refractivity contribution in [3.8, 4) is 5.75 Å². The Morgan fingerprint density at radius 1 is 1.00 bits per heavy atom. The van der Waals surface area contributed by atoms with Gasteiger partial charge in [0.05, 0.1) is 0 Å². The van der Waals surface area contributed by atoms with Gasteiger partial charge in [0.15, 0.2) is 5.78 Å². The number of hydrogen-bond acceptors (Lipinski definition) is 6. The van der Waals surface area contributed by atoms with E-state index in [4.69, 9.17) is 4.74 Å². The number of aliphatic hydroxyl groups is 1. The van der Waals surface area contributed by atoms with E-state index in [-0.39, 0.29) is 12.4 Å². The Bertz CT molecular complexity index is 785. The molecule has 2 heterocycles. The summed E-state index contributed by atoms with van der Waals surface area (Å²) in [6, 6.07) is 6.94. The normalized spacial score (nSPS) is 20.7. The Hall–Kier alpha value is -1.52. The first-order valence-electron chi connectivity index (χ1n) is 10.8. The lowest BCUT2D eigenvalue weighted by atomic mass is 10.1. The molecule has 1 atom stereocenters. The summed E-state index contributed by atoms with van der Waals surface area (Å²) in [7, 11) is -3.37. The van der Waals surface area contributed by atoms with Crippen LogP contribution < -0.4 is 4.74 Å². The number of piperazine rings is 1. The Kier molecular flexibility index (Phi) is 8.24. The number of rotatable bonds is 9. The molecule has 3 rings (SSSR count). The van der Waals surface area contributed by atoms with Crippen LogP contribution in [0.25, 0.3) is 0 Å². The molecule has 1 aromatic rings. The van der Waals surface area contributed by atoms with Crippen molar-refractivity contribution in [1.29, 1.82) is 0 Å². The van der Waals surface area contributed by atoms with Gasteiger partial charge in [-0.2, -0.15) is 17.0 Å². The molecule has 2 aliphatic rings. The van der Waals surface area contributed by atoms with Gasteiger partial charge in [-0.3, -0.25) is 9.69 Å². The summed E-state index contributed by atoms with van der Waals surface area (Å²) in [5, 5.41) is 10.3. The molecule has 168 valence electrons. The molecule has 9 heteroatoms. The number of ketones is 1. The van der Waals surface area contributed by atoms with Gasteiger partial charge in [-0.05, 0) is 37.1 Å². The number of hydrogen-bond donors (Lipinski definition) is 1. The summed E-state index contributed by atoms with van der Waals surface area (Å²) < 4.78 is 34.3. The molecule has 8 nitrogen and oxygen atoms in total. The van der Waals surface area contributed by atoms with Gasteiger partial charge in [0, 0.05) is 57.8 Å². The lowest BCUT2D eigenvalue weighted by Gasteiger charge is -2.38. The standard InChI is InChI=1S/C21H33N3O5S/c1-2-21(26)18-6-8-20(9-7-18)29-17-19(25)16-22-12-14-24(15-13-22)30(27,28)23-10-4-3-5-11-23/h6-9,19,25H,2-5,10-17H2,1H3/t19-/m1/s1. The molecule has 30 heavy (non-hydrogen) atoms. The molecule has 0 spiro atoms. The number of carbonyl (C=O) groups is 1. The maximum absolute atomic E-state index is 12.8. The monoisotopic (exact) mass is 439 g/mol. The largest absolute Gasteiger partial charge is 0.491 e. The number of Topliss-reactive ketones (excluding diaryl/α,β-unsaturated/α-hetero) is 1. The SMILES string of the molecule is CCC(=O)c1ccc(OC[C@H](O)CN2CCN(S(=O)(=O)N3CCCCC3)CC2)cc1. The second-order valence-corrected chi connectivity index (χ2v) is 9.86. The van der Waals surface area contributed by atoms with Gasteiger partial charge in [0.2, 0.25) is 0 Å². The van der Waals surface area contributed by atoms with Crippen molar-refractivity contribution in [2.24, 2.45) is 0 Å². The molecule has 0 aliphatic carbocycles. The molecule has 0 bridgehead atoms. The van der Waals surface area contributed by atoms with E-state index in [9.17, 15) is 18.3 Å². The lowest BCUT2D eigenvalue weighted by Crippen LogP contribution is -2.54. The van der Waals surface area contributed by atoms with Crippen molar-refractivity contribution < 1.29 is 23.1 Å². The van der Waals surface area contributed by atoms with E-state index in [1.807, 2.05) is 6.92 Å². The Morgan fingerprint density at radius 2 is 1.60 bits per heavy atom. The number of aliphatic hydroxyl groups excluding tert-OH is 1. The first-order chi connectivity index (χ1) is 14.4. The zero-order valence-electron chi connectivity index (χ0n) is 17.7. The Balaban J connectivity index is 1.40. The predicted molar refractivity (Wildman–Crippen MR) is 115 cm³/mol. The van der Waals surface area contributed by atoms with Crippen molar-refractivity contribution in [2.75, 3.05) is 52.4 Å². The van der Waals surface area contributed by atoms with Crippen LogP contribution in [0.3, 0.4) is 0 Å². The third-order valence-corrected chi connectivity index (χ3v) is 7.74. The molecule has 2 aliphatic heterocycles. The topological polar surface area (TPSA) is 90.4 Å². The molecule has 0 saturated carbocycles. The Labute approximate surface area is 179 Å². The van der Waals surface area contributed by atoms with Gasteiger partial charge in [-0.15, -0.1) is 0 Å². The third-order valence-electron chi connectivity index (χ3n) is 5.71. The minimum atomic E-state index is -3.37. The van der Waals surface area contributed by atoms with E-state index < -0.39 is 16.3 Å². The van der Waals surface area contributed by atoms with Crippen molar-refractivity contribution in [3.63, 3.8) is 0 Å². The number of piperidine rings is 1. The number of β-amino-alcohol motifs (C(OH)–C–C–N with tert-alkyl or cyclic N) is 1. The molecule has 2 saturated heterocycles. The van der Waals surface area contributed by atoms with Crippen LogP contribution in [0.1, 0.15) is 43.0 Å². The van der Waals surface area contributed by atoms with Crippen LogP contribution in [0, 0.1) is 0 Å². The highest BCUT2D eigenvalue weighted by Gasteiger charge is 2.33. The smallest absolute Gasteiger partial charge is 0.282 e. The summed E-state index contributed by atoms with van der Waals surface area (Å²) in [4.78, 5) is 13.7. The minimum absolute atomic E-state index is 0.0861. The van der Waals surface area contributed by atoms with Gasteiger partial charge in [0.25, 0.3) is 10.2 Å². The van der Waals surface area contributed by atoms with Crippen molar-refractivity contribution >= 4 is 16.0 Å². The number of benzene rings is 1. The summed E-state index contributed by atoms with van der Waals surface area (Å²) in [5.41, 5.74) is 0.655. The number of carbonyl (C=O) groups excluding carboxylic acids is 1. The fraction of sp³-hybridized carbons (Fsp3) is 0.667. The minimum Gasteiger partial charge on any atom is -0.491 e. The third kappa shape index (κ3) is 6.01. The summed E-state index contributed by atoms with van der Waals surface area (Å²) >= 11 is 0. The van der Waals surface area contributed by atoms with Crippen LogP contribution in [-0.4, -0.2) is 91.3 Å². The van der Waals surface area contributed by atoms with E-state index in [2.05, 4.69) is 4.90 Å². The molecule has 0 aromatic heterocycles. The van der Waals surface area contributed by atoms with Crippen molar-refractivity contribution in [2.45, 2.75) is 38.7 Å². The fourth-order valence-corrected chi connectivity index (χ4v) is 5.56. The molecule has 1 N–H and O–H groups in total. The van der Waals surface area contributed by atoms with Gasteiger partial charge in [0.1, 0.15) is 18.5 Å². The zero-order valence-corrected chi connectivity index (χ0v) is 18.5. The van der Waals surface area contributed by atoms with Crippen LogP contribution >= 0.6 is 0 Å². The van der Waals surface area contributed by atoms with Crippen LogP contribution in [0.5, 0.6) is 5.75 Å².